The molecule has 0 fully saturated rings. The molecule has 1 amide bonds. The quantitative estimate of drug-likeness (QED) is 0.313. The van der Waals surface area contributed by atoms with Crippen LogP contribution in [0.4, 0.5) is 0 Å². The maximum Gasteiger partial charge on any atom is 0.230 e. The molecule has 3 N–H and O–H groups in total. The second kappa shape index (κ2) is 9.62. The van der Waals surface area contributed by atoms with Gasteiger partial charge in [-0.05, 0) is 31.9 Å². The molecule has 0 aliphatic carbocycles. The Kier molecular flexibility index (Phi) is 6.65. The highest BCUT2D eigenvalue weighted by Crippen LogP contribution is 2.32. The van der Waals surface area contributed by atoms with E-state index >= 15 is 0 Å². The molecule has 0 aliphatic rings. The summed E-state index contributed by atoms with van der Waals surface area (Å²) in [6, 6.07) is 18.2. The van der Waals surface area contributed by atoms with Crippen molar-refractivity contribution in [2.45, 2.75) is 38.9 Å². The second-order valence-corrected chi connectivity index (χ2v) is 9.45. The Hall–Kier alpha value is -3.39. The van der Waals surface area contributed by atoms with Crippen molar-refractivity contribution < 1.29 is 4.79 Å². The lowest BCUT2D eigenvalue weighted by molar-refractivity contribution is -0.119. The fourth-order valence-electron chi connectivity index (χ4n) is 3.38. The van der Waals surface area contributed by atoms with Gasteiger partial charge in [-0.1, -0.05) is 73.6 Å². The van der Waals surface area contributed by atoms with Gasteiger partial charge in [0.15, 0.2) is 5.82 Å². The van der Waals surface area contributed by atoms with E-state index in [1.807, 2.05) is 37.3 Å². The van der Waals surface area contributed by atoms with Crippen LogP contribution in [-0.4, -0.2) is 37.6 Å². The Morgan fingerprint density at radius 1 is 1.09 bits per heavy atom. The number of carbonyl (C=O) groups is 1. The molecule has 2 aromatic heterocycles. The van der Waals surface area contributed by atoms with Crippen molar-refractivity contribution in [3.8, 4) is 22.6 Å². The number of nitrogens with zero attached hydrogens (tertiary/aromatic N) is 4. The first-order valence-corrected chi connectivity index (χ1v) is 11.9. The summed E-state index contributed by atoms with van der Waals surface area (Å²) >= 11 is 1.27. The molecule has 4 rings (SSSR count). The number of hydrogen-bond acceptors (Lipinski definition) is 6. The summed E-state index contributed by atoms with van der Waals surface area (Å²) in [5.41, 5.74) is 4.74. The van der Waals surface area contributed by atoms with Gasteiger partial charge < -0.3 is 11.2 Å². The Labute approximate surface area is 197 Å². The molecule has 2 aromatic carbocycles. The van der Waals surface area contributed by atoms with Gasteiger partial charge in [0.1, 0.15) is 0 Å². The number of nitrogen functional groups attached to an aromatic ring is 1. The topological polar surface area (TPSA) is 98.7 Å². The van der Waals surface area contributed by atoms with Gasteiger partial charge in [0.2, 0.25) is 11.1 Å². The van der Waals surface area contributed by atoms with Crippen molar-refractivity contribution in [1.29, 1.82) is 0 Å². The van der Waals surface area contributed by atoms with E-state index < -0.39 is 0 Å². The summed E-state index contributed by atoms with van der Waals surface area (Å²) in [6.07, 6.45) is 0. The van der Waals surface area contributed by atoms with Crippen molar-refractivity contribution >= 4 is 28.6 Å². The van der Waals surface area contributed by atoms with Gasteiger partial charge in [-0.3, -0.25) is 4.79 Å². The third-order valence-electron chi connectivity index (χ3n) is 5.69. The highest BCUT2D eigenvalue weighted by molar-refractivity contribution is 7.99. The molecule has 170 valence electrons. The van der Waals surface area contributed by atoms with Crippen molar-refractivity contribution in [3.05, 3.63) is 60.2 Å². The number of carbonyl (C=O) groups excluding carboxylic acids is 1. The van der Waals surface area contributed by atoms with Crippen LogP contribution in [0.3, 0.4) is 0 Å². The number of para-hydroxylation sites is 1. The van der Waals surface area contributed by atoms with E-state index in [0.29, 0.717) is 16.9 Å². The Balaban J connectivity index is 1.66. The number of fused-ring (bicyclic) bond motifs is 1. The molecule has 0 saturated heterocycles. The number of rotatable bonds is 7. The average Bonchev–Trinajstić information content (AvgIpc) is 3.17. The first-order valence-electron chi connectivity index (χ1n) is 10.9. The van der Waals surface area contributed by atoms with E-state index in [2.05, 4.69) is 60.6 Å². The molecule has 33 heavy (non-hydrogen) atoms. The Bertz CT molecular complexity index is 1280. The van der Waals surface area contributed by atoms with Crippen LogP contribution in [0.5, 0.6) is 0 Å². The van der Waals surface area contributed by atoms with Gasteiger partial charge >= 0.3 is 0 Å². The number of nitrogens with one attached hydrogen (secondary N) is 1. The maximum absolute atomic E-state index is 12.3. The lowest BCUT2D eigenvalue weighted by Crippen LogP contribution is -2.37. The standard InChI is InChI=1S/C25H28N6OS/c1-15(2)17(4)27-23(32)14-33-25-30-29-24(31(25)26)20-13-22(18-11-9-16(3)10-12-18)28-21-8-6-5-7-19(20)21/h5-13,15,17H,14,26H2,1-4H3,(H,27,32)/t17-/m0/s1. The molecule has 4 aromatic rings. The number of aryl methyl sites for hydroxylation is 1. The van der Waals surface area contributed by atoms with E-state index in [1.165, 1.54) is 22.0 Å². The number of thioether (sulfide) groups is 1. The van der Waals surface area contributed by atoms with E-state index in [1.54, 1.807) is 0 Å². The summed E-state index contributed by atoms with van der Waals surface area (Å²) in [6.45, 7) is 8.20. The van der Waals surface area contributed by atoms with Crippen LogP contribution in [0.1, 0.15) is 26.3 Å². The van der Waals surface area contributed by atoms with Gasteiger partial charge in [-0.25, -0.2) is 9.66 Å². The van der Waals surface area contributed by atoms with Crippen LogP contribution in [0.15, 0.2) is 59.8 Å². The number of amides is 1. The van der Waals surface area contributed by atoms with Crippen LogP contribution in [0, 0.1) is 12.8 Å². The Morgan fingerprint density at radius 3 is 2.55 bits per heavy atom. The highest BCUT2D eigenvalue weighted by atomic mass is 32.2. The zero-order chi connectivity index (χ0) is 23.5. The van der Waals surface area contributed by atoms with Crippen LogP contribution < -0.4 is 11.2 Å². The lowest BCUT2D eigenvalue weighted by Gasteiger charge is -2.17. The Morgan fingerprint density at radius 2 is 1.82 bits per heavy atom. The molecule has 0 spiro atoms. The third-order valence-corrected chi connectivity index (χ3v) is 6.63. The molecule has 0 saturated carbocycles. The molecule has 1 atom stereocenters. The molecular weight excluding hydrogens is 432 g/mol. The van der Waals surface area contributed by atoms with Gasteiger partial charge in [0, 0.05) is 22.6 Å². The van der Waals surface area contributed by atoms with Crippen molar-refractivity contribution in [2.24, 2.45) is 5.92 Å². The number of benzene rings is 2. The van der Waals surface area contributed by atoms with Crippen LogP contribution in [-0.2, 0) is 4.79 Å². The molecule has 0 bridgehead atoms. The SMILES string of the molecule is Cc1ccc(-c2cc(-c3nnc(SCC(=O)N[C@@H](C)C(C)C)n3N)c3ccccc3n2)cc1. The monoisotopic (exact) mass is 460 g/mol. The van der Waals surface area contributed by atoms with Crippen molar-refractivity contribution in [2.75, 3.05) is 11.6 Å². The number of hydrogen-bond donors (Lipinski definition) is 2. The number of aromatic nitrogens is 4. The minimum absolute atomic E-state index is 0.0539. The number of nitrogens with two attached hydrogens (primary N) is 1. The largest absolute Gasteiger partial charge is 0.353 e. The highest BCUT2D eigenvalue weighted by Gasteiger charge is 2.18. The fourth-order valence-corrected chi connectivity index (χ4v) is 4.05. The van der Waals surface area contributed by atoms with Crippen LogP contribution in [0.2, 0.25) is 0 Å². The number of pyridine rings is 1. The van der Waals surface area contributed by atoms with E-state index in [0.717, 1.165) is 27.7 Å². The lowest BCUT2D eigenvalue weighted by atomic mass is 10.0. The average molecular weight is 461 g/mol. The molecule has 2 heterocycles. The molecule has 0 radical (unpaired) electrons. The zero-order valence-corrected chi connectivity index (χ0v) is 20.1. The minimum Gasteiger partial charge on any atom is -0.353 e. The first-order chi connectivity index (χ1) is 15.8. The van der Waals surface area contributed by atoms with E-state index in [4.69, 9.17) is 10.8 Å². The van der Waals surface area contributed by atoms with Crippen molar-refractivity contribution in [1.82, 2.24) is 25.2 Å². The summed E-state index contributed by atoms with van der Waals surface area (Å²) < 4.78 is 1.45. The summed E-state index contributed by atoms with van der Waals surface area (Å²) in [5.74, 6) is 7.45. The third kappa shape index (κ3) is 5.01. The molecular formula is C25H28N6OS. The van der Waals surface area contributed by atoms with E-state index in [9.17, 15) is 4.79 Å². The zero-order valence-electron chi connectivity index (χ0n) is 19.2. The summed E-state index contributed by atoms with van der Waals surface area (Å²) in [5, 5.41) is 13.0. The summed E-state index contributed by atoms with van der Waals surface area (Å²) in [7, 11) is 0. The summed E-state index contributed by atoms with van der Waals surface area (Å²) in [4.78, 5) is 17.1. The van der Waals surface area contributed by atoms with Gasteiger partial charge in [0.25, 0.3) is 0 Å². The maximum atomic E-state index is 12.3. The second-order valence-electron chi connectivity index (χ2n) is 8.50. The normalized spacial score (nSPS) is 12.3. The molecule has 7 nitrogen and oxygen atoms in total. The van der Waals surface area contributed by atoms with E-state index in [-0.39, 0.29) is 17.7 Å². The van der Waals surface area contributed by atoms with Gasteiger partial charge in [-0.2, -0.15) is 0 Å². The molecule has 0 unspecified atom stereocenters. The van der Waals surface area contributed by atoms with Crippen LogP contribution in [0.25, 0.3) is 33.5 Å². The van der Waals surface area contributed by atoms with Gasteiger partial charge in [-0.15, -0.1) is 10.2 Å². The predicted octanol–water partition coefficient (Wildman–Crippen LogP) is 4.44. The molecule has 8 heteroatoms. The first kappa shape index (κ1) is 22.8. The van der Waals surface area contributed by atoms with Gasteiger partial charge in [0.05, 0.1) is 17.0 Å². The van der Waals surface area contributed by atoms with Crippen LogP contribution >= 0.6 is 11.8 Å². The van der Waals surface area contributed by atoms with Crippen molar-refractivity contribution in [3.63, 3.8) is 0 Å². The molecule has 0 aliphatic heterocycles. The minimum atomic E-state index is -0.0539. The predicted molar refractivity (Wildman–Crippen MR) is 134 cm³/mol. The fraction of sp³-hybridized carbons (Fsp3) is 0.280. The smallest absolute Gasteiger partial charge is 0.230 e.